The highest BCUT2D eigenvalue weighted by Crippen LogP contribution is 2.51. The molecule has 6 N–H and O–H groups in total. The molecular formula is C25H35N8O10PS. The second-order valence-corrected chi connectivity index (χ2v) is 14.5. The Kier molecular flexibility index (Phi) is 8.84. The predicted octanol–water partition coefficient (Wildman–Crippen LogP) is 0.207. The summed E-state index contributed by atoms with van der Waals surface area (Å²) in [5.41, 5.74) is 2.80. The van der Waals surface area contributed by atoms with E-state index >= 15 is 0 Å². The van der Waals surface area contributed by atoms with Crippen LogP contribution in [0.15, 0.2) is 36.7 Å². The van der Waals surface area contributed by atoms with Gasteiger partial charge in [0, 0.05) is 7.05 Å². The standard InChI is InChI=1S/C25H35N8O10PS/c1-24(36)18(34)16(13-41-44(37,43-15-9-6-5-7-10-15)30-25(11-8-12-25)22(35)40-3)42-21(24)33-14-27-17-19(28-23(26)29-20(17)33)32(2)31-45(4,38)39/h5-7,9-10,14,16,18,21,31,34,36H,8,11-13H2,1-4H3,(H,30,37)(H2,26,28,29)/t16?,18-,21?,24-,44?/m1/s1. The van der Waals surface area contributed by atoms with Crippen molar-refractivity contribution < 1.29 is 46.5 Å². The number of rotatable bonds is 12. The summed E-state index contributed by atoms with van der Waals surface area (Å²) in [7, 11) is -5.39. The maximum atomic E-state index is 14.1. The number of anilines is 2. The molecule has 2 aliphatic rings. The summed E-state index contributed by atoms with van der Waals surface area (Å²) in [5, 5.41) is 26.4. The van der Waals surface area contributed by atoms with Crippen molar-refractivity contribution >= 4 is 46.7 Å². The minimum atomic E-state index is -4.32. The van der Waals surface area contributed by atoms with Crippen molar-refractivity contribution in [2.45, 2.75) is 55.8 Å². The van der Waals surface area contributed by atoms with Gasteiger partial charge in [-0.25, -0.2) is 18.0 Å². The molecule has 3 heterocycles. The van der Waals surface area contributed by atoms with Crippen LogP contribution in [0.3, 0.4) is 0 Å². The summed E-state index contributed by atoms with van der Waals surface area (Å²) in [6, 6.07) is 8.17. The fourth-order valence-electron chi connectivity index (χ4n) is 5.22. The third-order valence-corrected chi connectivity index (χ3v) is 9.81. The van der Waals surface area contributed by atoms with Crippen molar-refractivity contribution in [2.24, 2.45) is 0 Å². The van der Waals surface area contributed by atoms with Gasteiger partial charge in [-0.15, -0.1) is 4.83 Å². The molecule has 1 aliphatic heterocycles. The van der Waals surface area contributed by atoms with E-state index in [1.807, 2.05) is 0 Å². The molecule has 1 saturated heterocycles. The SMILES string of the molecule is COC(=O)C1(NP(=O)(OCC2OC(n3cnc4c(N(C)NS(C)(=O)=O)nc(N)nc43)[C@](C)(O)[C@@H]2O)Oc2ccccc2)CCC1. The third-order valence-electron chi connectivity index (χ3n) is 7.56. The first kappa shape index (κ1) is 33.0. The Morgan fingerprint density at radius 3 is 2.58 bits per heavy atom. The lowest BCUT2D eigenvalue weighted by Gasteiger charge is -2.41. The van der Waals surface area contributed by atoms with Crippen LogP contribution in [0.25, 0.3) is 11.2 Å². The summed E-state index contributed by atoms with van der Waals surface area (Å²) < 4.78 is 61.4. The molecule has 0 amide bonds. The quantitative estimate of drug-likeness (QED) is 0.0982. The number of carbonyl (C=O) groups is 1. The molecule has 2 fully saturated rings. The lowest BCUT2D eigenvalue weighted by molar-refractivity contribution is -0.151. The number of benzene rings is 1. The van der Waals surface area contributed by atoms with Crippen molar-refractivity contribution in [2.75, 3.05) is 37.8 Å². The average molecular weight is 671 g/mol. The molecule has 45 heavy (non-hydrogen) atoms. The van der Waals surface area contributed by atoms with Gasteiger partial charge < -0.3 is 29.9 Å². The Balaban J connectivity index is 1.41. The highest BCUT2D eigenvalue weighted by atomic mass is 32.2. The number of para-hydroxylation sites is 1. The van der Waals surface area contributed by atoms with Crippen LogP contribution < -0.4 is 25.2 Å². The Morgan fingerprint density at radius 1 is 1.29 bits per heavy atom. The number of nitrogens with zero attached hydrogens (tertiary/aromatic N) is 5. The molecule has 18 nitrogen and oxygen atoms in total. The third kappa shape index (κ3) is 6.61. The first-order valence-corrected chi connectivity index (χ1v) is 17.1. The molecule has 0 radical (unpaired) electrons. The highest BCUT2D eigenvalue weighted by Gasteiger charge is 2.55. The molecule has 1 aromatic carbocycles. The zero-order valence-electron chi connectivity index (χ0n) is 24.9. The largest absolute Gasteiger partial charge is 0.468 e. The number of imidazole rings is 1. The zero-order chi connectivity index (χ0) is 32.8. The van der Waals surface area contributed by atoms with Crippen molar-refractivity contribution in [1.29, 1.82) is 0 Å². The van der Waals surface area contributed by atoms with Crippen LogP contribution >= 0.6 is 7.75 Å². The number of nitrogen functional groups attached to an aromatic ring is 1. The Hall–Kier alpha value is -3.42. The number of sulfonamides is 1. The predicted molar refractivity (Wildman–Crippen MR) is 159 cm³/mol. The van der Waals surface area contributed by atoms with Gasteiger partial charge in [-0.1, -0.05) is 18.2 Å². The molecule has 2 aromatic heterocycles. The maximum Gasteiger partial charge on any atom is 0.459 e. The number of methoxy groups -OCH3 is 1. The second kappa shape index (κ2) is 12.1. The van der Waals surface area contributed by atoms with E-state index in [1.54, 1.807) is 30.3 Å². The number of hydrazine groups is 1. The Bertz CT molecular complexity index is 1720. The van der Waals surface area contributed by atoms with Gasteiger partial charge in [-0.3, -0.25) is 18.9 Å². The van der Waals surface area contributed by atoms with Crippen LogP contribution in [0.4, 0.5) is 11.8 Å². The van der Waals surface area contributed by atoms with E-state index in [-0.39, 0.29) is 28.7 Å². The Morgan fingerprint density at radius 2 is 1.98 bits per heavy atom. The van der Waals surface area contributed by atoms with Crippen LogP contribution in [0.5, 0.6) is 5.75 Å². The Labute approximate surface area is 258 Å². The topological polar surface area (TPSA) is 243 Å². The van der Waals surface area contributed by atoms with Gasteiger partial charge in [0.15, 0.2) is 23.2 Å². The second-order valence-electron chi connectivity index (χ2n) is 11.1. The van der Waals surface area contributed by atoms with E-state index in [2.05, 4.69) is 24.9 Å². The average Bonchev–Trinajstić information content (AvgIpc) is 3.45. The van der Waals surface area contributed by atoms with Crippen LogP contribution in [0, 0.1) is 0 Å². The number of aliphatic hydroxyl groups is 2. The lowest BCUT2D eigenvalue weighted by atomic mass is 9.78. The number of aromatic nitrogens is 4. The molecule has 3 aromatic rings. The molecule has 3 unspecified atom stereocenters. The lowest BCUT2D eigenvalue weighted by Crippen LogP contribution is -2.57. The van der Waals surface area contributed by atoms with Gasteiger partial charge in [0.2, 0.25) is 16.0 Å². The van der Waals surface area contributed by atoms with Gasteiger partial charge in [0.1, 0.15) is 29.1 Å². The number of carbonyl (C=O) groups excluding carboxylic acids is 1. The highest BCUT2D eigenvalue weighted by molar-refractivity contribution is 7.88. The number of hydrogen-bond acceptors (Lipinski definition) is 15. The van der Waals surface area contributed by atoms with E-state index in [1.165, 1.54) is 32.0 Å². The molecule has 0 bridgehead atoms. The van der Waals surface area contributed by atoms with Gasteiger partial charge >= 0.3 is 13.7 Å². The normalized spacial score (nSPS) is 25.8. The molecular weight excluding hydrogens is 635 g/mol. The summed E-state index contributed by atoms with van der Waals surface area (Å²) >= 11 is 0. The number of hydrogen-bond donors (Lipinski definition) is 5. The van der Waals surface area contributed by atoms with Gasteiger partial charge in [0.25, 0.3) is 0 Å². The molecule has 5 atom stereocenters. The number of nitrogens with one attached hydrogen (secondary N) is 2. The van der Waals surface area contributed by atoms with Crippen molar-refractivity contribution in [3.05, 3.63) is 36.7 Å². The van der Waals surface area contributed by atoms with Crippen molar-refractivity contribution in [1.82, 2.24) is 29.4 Å². The summed E-state index contributed by atoms with van der Waals surface area (Å²) in [5.74, 6) is -0.654. The molecule has 1 saturated carbocycles. The van der Waals surface area contributed by atoms with E-state index in [0.29, 0.717) is 19.3 Å². The van der Waals surface area contributed by atoms with Crippen molar-refractivity contribution in [3.8, 4) is 5.75 Å². The number of nitrogens with two attached hydrogens (primary N) is 1. The van der Waals surface area contributed by atoms with Crippen LogP contribution in [0.2, 0.25) is 0 Å². The first-order chi connectivity index (χ1) is 21.1. The van der Waals surface area contributed by atoms with Gasteiger partial charge in [-0.2, -0.15) is 15.1 Å². The van der Waals surface area contributed by atoms with E-state index in [4.69, 9.17) is 24.3 Å². The van der Waals surface area contributed by atoms with Crippen LogP contribution in [-0.4, -0.2) is 94.5 Å². The van der Waals surface area contributed by atoms with Crippen LogP contribution in [-0.2, 0) is 33.4 Å². The minimum absolute atomic E-state index is 0.0142. The molecule has 0 spiro atoms. The molecule has 1 aliphatic carbocycles. The monoisotopic (exact) mass is 670 g/mol. The number of ether oxygens (including phenoxy) is 2. The first-order valence-electron chi connectivity index (χ1n) is 13.7. The van der Waals surface area contributed by atoms with E-state index in [9.17, 15) is 28.0 Å². The smallest absolute Gasteiger partial charge is 0.459 e. The van der Waals surface area contributed by atoms with Gasteiger partial charge in [0.05, 0.1) is 26.3 Å². The fraction of sp³-hybridized carbons (Fsp3) is 0.520. The minimum Gasteiger partial charge on any atom is -0.468 e. The number of esters is 1. The van der Waals surface area contributed by atoms with Gasteiger partial charge in [-0.05, 0) is 38.3 Å². The fourth-order valence-corrected chi connectivity index (χ4v) is 7.54. The van der Waals surface area contributed by atoms with E-state index < -0.39 is 59.9 Å². The zero-order valence-corrected chi connectivity index (χ0v) is 26.6. The summed E-state index contributed by atoms with van der Waals surface area (Å²) in [4.78, 5) is 27.4. The molecule has 5 rings (SSSR count). The maximum absolute atomic E-state index is 14.1. The summed E-state index contributed by atoms with van der Waals surface area (Å²) in [6.07, 6.45) is -0.614. The van der Waals surface area contributed by atoms with Crippen LogP contribution in [0.1, 0.15) is 32.4 Å². The molecule has 20 heteroatoms. The molecule has 246 valence electrons. The number of fused-ring (bicyclic) bond motifs is 1. The summed E-state index contributed by atoms with van der Waals surface area (Å²) in [6.45, 7) is 0.772. The number of aliphatic hydroxyl groups excluding tert-OH is 1. The van der Waals surface area contributed by atoms with E-state index in [0.717, 1.165) is 11.3 Å². The van der Waals surface area contributed by atoms with Crippen molar-refractivity contribution in [3.63, 3.8) is 0 Å².